The molecule has 1 N–H and O–H groups in total. The molecule has 0 saturated heterocycles. The Hall–Kier alpha value is -1.07. The van der Waals surface area contributed by atoms with E-state index in [0.717, 1.165) is 11.8 Å². The van der Waals surface area contributed by atoms with Gasteiger partial charge in [0.15, 0.2) is 0 Å². The largest absolute Gasteiger partial charge is 0.377 e. The molecular weight excluding hydrogens is 214 g/mol. The van der Waals surface area contributed by atoms with Crippen LogP contribution in [0.15, 0.2) is 24.3 Å². The molecule has 0 radical (unpaired) electrons. The first-order chi connectivity index (χ1) is 7.03. The Morgan fingerprint density at radius 1 is 1.33 bits per heavy atom. The first-order valence-electron chi connectivity index (χ1n) is 4.66. The van der Waals surface area contributed by atoms with Crippen molar-refractivity contribution >= 4 is 15.7 Å². The van der Waals surface area contributed by atoms with E-state index in [1.54, 1.807) is 12.1 Å². The van der Waals surface area contributed by atoms with Crippen LogP contribution in [-0.4, -0.2) is 21.3 Å². The van der Waals surface area contributed by atoms with Gasteiger partial charge in [-0.2, -0.15) is 0 Å². The second kappa shape index (κ2) is 5.14. The maximum atomic E-state index is 11.1. The molecule has 0 unspecified atom stereocenters. The van der Waals surface area contributed by atoms with E-state index in [1.807, 2.05) is 19.1 Å². The van der Waals surface area contributed by atoms with Gasteiger partial charge in [-0.1, -0.05) is 18.2 Å². The van der Waals surface area contributed by atoms with Crippen molar-refractivity contribution in [2.45, 2.75) is 13.5 Å². The quantitative estimate of drug-likeness (QED) is 0.834. The summed E-state index contributed by atoms with van der Waals surface area (Å²) in [7, 11) is -3.23. The molecule has 5 heteroatoms. The van der Waals surface area contributed by atoms with Gasteiger partial charge in [0.05, 0.1) is 18.6 Å². The lowest BCUT2D eigenvalue weighted by Gasteiger charge is -2.10. The molecule has 0 atom stereocenters. The van der Waals surface area contributed by atoms with Crippen LogP contribution in [0.1, 0.15) is 12.5 Å². The number of para-hydroxylation sites is 1. The lowest BCUT2D eigenvalue weighted by atomic mass is 10.2. The standard InChI is InChI=1S/C10H15NO3S/c1-3-14-8-9-6-4-5-7-10(9)11-15(2,12)13/h4-7,11H,3,8H2,1-2H3. The molecule has 0 amide bonds. The fourth-order valence-electron chi connectivity index (χ4n) is 1.16. The molecule has 1 aromatic carbocycles. The average molecular weight is 229 g/mol. The normalized spacial score (nSPS) is 11.3. The second-order valence-corrected chi connectivity index (χ2v) is 4.92. The summed E-state index contributed by atoms with van der Waals surface area (Å²) in [6.45, 7) is 2.91. The van der Waals surface area contributed by atoms with Crippen molar-refractivity contribution in [1.82, 2.24) is 0 Å². The summed E-state index contributed by atoms with van der Waals surface area (Å²) in [4.78, 5) is 0. The summed E-state index contributed by atoms with van der Waals surface area (Å²) >= 11 is 0. The molecule has 0 saturated carbocycles. The van der Waals surface area contributed by atoms with Crippen LogP contribution in [0.25, 0.3) is 0 Å². The summed E-state index contributed by atoms with van der Waals surface area (Å²) in [5.41, 5.74) is 1.42. The van der Waals surface area contributed by atoms with E-state index in [0.29, 0.717) is 18.9 Å². The molecule has 0 aliphatic carbocycles. The summed E-state index contributed by atoms with van der Waals surface area (Å²) in [6.07, 6.45) is 1.13. The van der Waals surface area contributed by atoms with Crippen molar-refractivity contribution in [3.8, 4) is 0 Å². The third-order valence-corrected chi connectivity index (χ3v) is 2.37. The van der Waals surface area contributed by atoms with Crippen LogP contribution in [0.2, 0.25) is 0 Å². The summed E-state index contributed by atoms with van der Waals surface area (Å²) in [6, 6.07) is 7.18. The second-order valence-electron chi connectivity index (χ2n) is 3.17. The van der Waals surface area contributed by atoms with Crippen LogP contribution in [-0.2, 0) is 21.4 Å². The molecular formula is C10H15NO3S. The van der Waals surface area contributed by atoms with Crippen molar-refractivity contribution in [1.29, 1.82) is 0 Å². The van der Waals surface area contributed by atoms with Gasteiger partial charge in [-0.25, -0.2) is 8.42 Å². The number of benzene rings is 1. The molecule has 0 bridgehead atoms. The Morgan fingerprint density at radius 2 is 2.00 bits per heavy atom. The van der Waals surface area contributed by atoms with E-state index in [1.165, 1.54) is 0 Å². The number of nitrogens with one attached hydrogen (secondary N) is 1. The fourth-order valence-corrected chi connectivity index (χ4v) is 1.76. The predicted octanol–water partition coefficient (Wildman–Crippen LogP) is 1.59. The topological polar surface area (TPSA) is 55.4 Å². The van der Waals surface area contributed by atoms with E-state index < -0.39 is 10.0 Å². The molecule has 0 aliphatic rings. The van der Waals surface area contributed by atoms with Gasteiger partial charge in [0.1, 0.15) is 0 Å². The van der Waals surface area contributed by atoms with E-state index in [2.05, 4.69) is 4.72 Å². The number of rotatable bonds is 5. The van der Waals surface area contributed by atoms with Gasteiger partial charge in [-0.15, -0.1) is 0 Å². The zero-order chi connectivity index (χ0) is 11.3. The minimum absolute atomic E-state index is 0.412. The molecule has 4 nitrogen and oxygen atoms in total. The molecule has 84 valence electrons. The highest BCUT2D eigenvalue weighted by Gasteiger charge is 2.06. The molecule has 1 aromatic rings. The highest BCUT2D eigenvalue weighted by Crippen LogP contribution is 2.16. The van der Waals surface area contributed by atoms with Crippen LogP contribution in [0, 0.1) is 0 Å². The molecule has 1 rings (SSSR count). The van der Waals surface area contributed by atoms with Crippen LogP contribution in [0.3, 0.4) is 0 Å². The highest BCUT2D eigenvalue weighted by molar-refractivity contribution is 7.92. The van der Waals surface area contributed by atoms with E-state index in [-0.39, 0.29) is 0 Å². The van der Waals surface area contributed by atoms with Gasteiger partial charge < -0.3 is 4.74 Å². The maximum absolute atomic E-state index is 11.1. The number of anilines is 1. The number of sulfonamides is 1. The first kappa shape index (κ1) is 12.0. The van der Waals surface area contributed by atoms with Gasteiger partial charge in [0.2, 0.25) is 10.0 Å². The monoisotopic (exact) mass is 229 g/mol. The number of hydrogen-bond donors (Lipinski definition) is 1. The van der Waals surface area contributed by atoms with Crippen LogP contribution < -0.4 is 4.72 Å². The van der Waals surface area contributed by atoms with Crippen LogP contribution in [0.4, 0.5) is 5.69 Å². The van der Waals surface area contributed by atoms with E-state index >= 15 is 0 Å². The first-order valence-corrected chi connectivity index (χ1v) is 6.55. The van der Waals surface area contributed by atoms with Crippen molar-refractivity contribution < 1.29 is 13.2 Å². The zero-order valence-corrected chi connectivity index (χ0v) is 9.67. The smallest absolute Gasteiger partial charge is 0.229 e. The Kier molecular flexibility index (Phi) is 4.11. The van der Waals surface area contributed by atoms with Gasteiger partial charge in [-0.05, 0) is 13.0 Å². The minimum Gasteiger partial charge on any atom is -0.377 e. The van der Waals surface area contributed by atoms with E-state index in [9.17, 15) is 8.42 Å². The average Bonchev–Trinajstić information content (AvgIpc) is 2.14. The van der Waals surface area contributed by atoms with E-state index in [4.69, 9.17) is 4.74 Å². The van der Waals surface area contributed by atoms with Crippen LogP contribution >= 0.6 is 0 Å². The van der Waals surface area contributed by atoms with Gasteiger partial charge in [0, 0.05) is 12.2 Å². The Labute approximate surface area is 90.3 Å². The molecule has 0 spiro atoms. The number of ether oxygens (including phenoxy) is 1. The Bertz CT molecular complexity index is 414. The lowest BCUT2D eigenvalue weighted by molar-refractivity contribution is 0.134. The molecule has 0 heterocycles. The van der Waals surface area contributed by atoms with Crippen molar-refractivity contribution in [2.24, 2.45) is 0 Å². The fraction of sp³-hybridized carbons (Fsp3) is 0.400. The van der Waals surface area contributed by atoms with Crippen molar-refractivity contribution in [3.05, 3.63) is 29.8 Å². The van der Waals surface area contributed by atoms with Gasteiger partial charge in [-0.3, -0.25) is 4.72 Å². The summed E-state index contributed by atoms with van der Waals surface area (Å²) in [5.74, 6) is 0. The SMILES string of the molecule is CCOCc1ccccc1NS(C)(=O)=O. The minimum atomic E-state index is -3.23. The number of hydrogen-bond acceptors (Lipinski definition) is 3. The van der Waals surface area contributed by atoms with Crippen molar-refractivity contribution in [2.75, 3.05) is 17.6 Å². The van der Waals surface area contributed by atoms with Crippen molar-refractivity contribution in [3.63, 3.8) is 0 Å². The Balaban J connectivity index is 2.86. The maximum Gasteiger partial charge on any atom is 0.229 e. The molecule has 0 aromatic heterocycles. The molecule has 15 heavy (non-hydrogen) atoms. The Morgan fingerprint density at radius 3 is 2.60 bits per heavy atom. The molecule has 0 fully saturated rings. The lowest BCUT2D eigenvalue weighted by Crippen LogP contribution is -2.11. The van der Waals surface area contributed by atoms with Gasteiger partial charge >= 0.3 is 0 Å². The van der Waals surface area contributed by atoms with Gasteiger partial charge in [0.25, 0.3) is 0 Å². The third kappa shape index (κ3) is 4.31. The summed E-state index contributed by atoms with van der Waals surface area (Å²) in [5, 5.41) is 0. The highest BCUT2D eigenvalue weighted by atomic mass is 32.2. The predicted molar refractivity (Wildman–Crippen MR) is 60.2 cm³/mol. The van der Waals surface area contributed by atoms with Crippen LogP contribution in [0.5, 0.6) is 0 Å². The third-order valence-electron chi connectivity index (χ3n) is 1.77. The summed E-state index contributed by atoms with van der Waals surface area (Å²) < 4.78 is 29.8. The zero-order valence-electron chi connectivity index (χ0n) is 8.86. The molecule has 0 aliphatic heterocycles.